The molecule has 0 saturated carbocycles. The highest BCUT2D eigenvalue weighted by molar-refractivity contribution is 7.92. The lowest BCUT2D eigenvalue weighted by molar-refractivity contribution is -0.201. The van der Waals surface area contributed by atoms with Crippen molar-refractivity contribution in [3.8, 4) is 0 Å². The van der Waals surface area contributed by atoms with Gasteiger partial charge < -0.3 is 9.57 Å². The summed E-state index contributed by atoms with van der Waals surface area (Å²) in [6, 6.07) is 6.73. The molecule has 0 radical (unpaired) electrons. The van der Waals surface area contributed by atoms with Crippen LogP contribution in [0.1, 0.15) is 57.1 Å². The van der Waals surface area contributed by atoms with E-state index in [0.717, 1.165) is 24.7 Å². The molecule has 1 aromatic carbocycles. The number of nitrogens with one attached hydrogen (secondary N) is 1. The van der Waals surface area contributed by atoms with Crippen LogP contribution in [0.4, 0.5) is 4.39 Å². The minimum Gasteiger partial charge on any atom is -0.392 e. The van der Waals surface area contributed by atoms with Crippen LogP contribution >= 0.6 is 0 Å². The highest BCUT2D eigenvalue weighted by Gasteiger charge is 2.47. The molecule has 3 rings (SSSR count). The highest BCUT2D eigenvalue weighted by atomic mass is 32.2. The third-order valence-electron chi connectivity index (χ3n) is 5.82. The zero-order chi connectivity index (χ0) is 23.4. The Hall–Kier alpha value is -2.30. The molecule has 176 valence electrons. The number of hydrogen-bond acceptors (Lipinski definition) is 7. The number of hydroxylamine groups is 1. The maximum atomic E-state index is 13.7. The molecule has 1 saturated heterocycles. The summed E-state index contributed by atoms with van der Waals surface area (Å²) in [6.07, 6.45) is 3.83. The number of carbonyl (C=O) groups is 1. The van der Waals surface area contributed by atoms with Gasteiger partial charge in [0, 0.05) is 37.7 Å². The third-order valence-corrected chi connectivity index (χ3v) is 7.81. The van der Waals surface area contributed by atoms with Crippen LogP contribution in [0.3, 0.4) is 0 Å². The van der Waals surface area contributed by atoms with Gasteiger partial charge in [0.15, 0.2) is 20.9 Å². The topological polar surface area (TPSA) is 103 Å². The van der Waals surface area contributed by atoms with Crippen LogP contribution in [-0.4, -0.2) is 50.0 Å². The molecule has 8 nitrogen and oxygen atoms in total. The molecular weight excluding hydrogens is 439 g/mol. The number of sulfone groups is 1. The van der Waals surface area contributed by atoms with Crippen molar-refractivity contribution in [2.75, 3.05) is 12.9 Å². The van der Waals surface area contributed by atoms with Crippen molar-refractivity contribution >= 4 is 27.3 Å². The molecule has 0 aliphatic carbocycles. The number of benzene rings is 1. The van der Waals surface area contributed by atoms with Gasteiger partial charge in [-0.25, -0.2) is 23.1 Å². The van der Waals surface area contributed by atoms with E-state index in [1.54, 1.807) is 31.2 Å². The Labute approximate surface area is 187 Å². The summed E-state index contributed by atoms with van der Waals surface area (Å²) in [7, 11) is -3.82. The van der Waals surface area contributed by atoms with Crippen molar-refractivity contribution in [2.24, 2.45) is 5.16 Å². The van der Waals surface area contributed by atoms with Crippen LogP contribution in [0, 0.1) is 0 Å². The van der Waals surface area contributed by atoms with Gasteiger partial charge in [-0.15, -0.1) is 0 Å². The number of rotatable bonds is 8. The standard InChI is InChI=1S/C22H29FN2O6S/c1-4-18(23)15-8-10-16(11-9-15)19-13-17(30-24-19)14-22(2,32(3,27)28)21(26)25-31-20-7-5-6-12-29-20/h4,8-11,17,20H,5-7,12-14H2,1-3H3,(H,25,26)/b18-4-/t17-,20?,22-/m1/s1. The van der Waals surface area contributed by atoms with Crippen molar-refractivity contribution < 1.29 is 32.0 Å². The van der Waals surface area contributed by atoms with Crippen LogP contribution in [-0.2, 0) is 29.0 Å². The molecule has 1 aromatic rings. The van der Waals surface area contributed by atoms with Crippen molar-refractivity contribution in [1.29, 1.82) is 0 Å². The predicted octanol–water partition coefficient (Wildman–Crippen LogP) is 3.28. The van der Waals surface area contributed by atoms with Crippen molar-refractivity contribution in [3.63, 3.8) is 0 Å². The van der Waals surface area contributed by atoms with Gasteiger partial charge in [0.2, 0.25) is 0 Å². The molecule has 1 amide bonds. The van der Waals surface area contributed by atoms with Crippen LogP contribution in [0.25, 0.3) is 5.83 Å². The quantitative estimate of drug-likeness (QED) is 0.588. The zero-order valence-electron chi connectivity index (χ0n) is 18.5. The van der Waals surface area contributed by atoms with Crippen LogP contribution in [0.2, 0.25) is 0 Å². The maximum Gasteiger partial charge on any atom is 0.264 e. The monoisotopic (exact) mass is 468 g/mol. The van der Waals surface area contributed by atoms with Crippen molar-refractivity contribution in [3.05, 3.63) is 41.5 Å². The number of carbonyl (C=O) groups excluding carboxylic acids is 1. The largest absolute Gasteiger partial charge is 0.392 e. The molecule has 1 unspecified atom stereocenters. The fourth-order valence-electron chi connectivity index (χ4n) is 3.58. The van der Waals surface area contributed by atoms with E-state index < -0.39 is 32.9 Å². The van der Waals surface area contributed by atoms with Crippen molar-refractivity contribution in [2.45, 2.75) is 63.1 Å². The van der Waals surface area contributed by atoms with Gasteiger partial charge in [0.05, 0.1) is 5.71 Å². The SMILES string of the molecule is C/C=C(\F)c1ccc(C2=NO[C@@H](C[C@](C)(C(=O)NOC3CCCCO3)S(C)(=O)=O)C2)cc1. The normalized spacial score (nSPS) is 23.8. The first-order chi connectivity index (χ1) is 15.1. The summed E-state index contributed by atoms with van der Waals surface area (Å²) in [5.74, 6) is -1.10. The fourth-order valence-corrected chi connectivity index (χ4v) is 4.44. The minimum atomic E-state index is -3.82. The molecule has 0 spiro atoms. The molecule has 2 heterocycles. The lowest BCUT2D eigenvalue weighted by atomic mass is 9.96. The van der Waals surface area contributed by atoms with E-state index in [-0.39, 0.29) is 12.2 Å². The predicted molar refractivity (Wildman–Crippen MR) is 118 cm³/mol. The third kappa shape index (κ3) is 5.54. The molecule has 0 aromatic heterocycles. The Morgan fingerprint density at radius 2 is 2.06 bits per heavy atom. The average Bonchev–Trinajstić information content (AvgIpc) is 3.25. The van der Waals surface area contributed by atoms with E-state index in [2.05, 4.69) is 10.6 Å². The van der Waals surface area contributed by atoms with E-state index in [9.17, 15) is 17.6 Å². The van der Waals surface area contributed by atoms with Gasteiger partial charge >= 0.3 is 0 Å². The number of ether oxygens (including phenoxy) is 1. The van der Waals surface area contributed by atoms with E-state index in [4.69, 9.17) is 14.4 Å². The summed E-state index contributed by atoms with van der Waals surface area (Å²) in [5, 5.41) is 4.06. The van der Waals surface area contributed by atoms with Gasteiger partial charge in [-0.2, -0.15) is 0 Å². The lowest BCUT2D eigenvalue weighted by Crippen LogP contribution is -2.52. The van der Waals surface area contributed by atoms with E-state index in [1.807, 2.05) is 0 Å². The number of amides is 1. The number of halogens is 1. The van der Waals surface area contributed by atoms with Gasteiger partial charge in [0.25, 0.3) is 5.91 Å². The van der Waals surface area contributed by atoms with Gasteiger partial charge in [-0.05, 0) is 32.3 Å². The van der Waals surface area contributed by atoms with Crippen LogP contribution in [0.15, 0.2) is 35.5 Å². The van der Waals surface area contributed by atoms with Gasteiger partial charge in [-0.3, -0.25) is 4.79 Å². The molecule has 1 N–H and O–H groups in total. The Bertz CT molecular complexity index is 986. The Kier molecular flexibility index (Phi) is 7.68. The van der Waals surface area contributed by atoms with Gasteiger partial charge in [-0.1, -0.05) is 35.5 Å². The molecule has 1 fully saturated rings. The maximum absolute atomic E-state index is 13.7. The Morgan fingerprint density at radius 1 is 1.34 bits per heavy atom. The zero-order valence-corrected chi connectivity index (χ0v) is 19.3. The summed E-state index contributed by atoms with van der Waals surface area (Å²) < 4.78 is 42.4. The Balaban J connectivity index is 1.64. The van der Waals surface area contributed by atoms with E-state index in [0.29, 0.717) is 30.7 Å². The van der Waals surface area contributed by atoms with Crippen LogP contribution < -0.4 is 5.48 Å². The minimum absolute atomic E-state index is 0.106. The average molecular weight is 469 g/mol. The summed E-state index contributed by atoms with van der Waals surface area (Å²) in [6.45, 7) is 3.49. The van der Waals surface area contributed by atoms with E-state index in [1.165, 1.54) is 13.0 Å². The van der Waals surface area contributed by atoms with E-state index >= 15 is 0 Å². The second-order valence-electron chi connectivity index (χ2n) is 8.24. The molecule has 2 aliphatic heterocycles. The number of hydrogen-bond donors (Lipinski definition) is 1. The molecular formula is C22H29FN2O6S. The second kappa shape index (κ2) is 10.1. The molecule has 2 aliphatic rings. The Morgan fingerprint density at radius 3 is 2.66 bits per heavy atom. The molecule has 3 atom stereocenters. The first-order valence-electron chi connectivity index (χ1n) is 10.6. The van der Waals surface area contributed by atoms with Crippen LogP contribution in [0.5, 0.6) is 0 Å². The summed E-state index contributed by atoms with van der Waals surface area (Å²) >= 11 is 0. The fraction of sp³-hybridized carbons (Fsp3) is 0.545. The van der Waals surface area contributed by atoms with Gasteiger partial charge in [0.1, 0.15) is 11.9 Å². The molecule has 32 heavy (non-hydrogen) atoms. The second-order valence-corrected chi connectivity index (χ2v) is 10.7. The first kappa shape index (κ1) is 24.3. The highest BCUT2D eigenvalue weighted by Crippen LogP contribution is 2.30. The number of allylic oxidation sites excluding steroid dienone is 1. The number of oxime groups is 1. The summed E-state index contributed by atoms with van der Waals surface area (Å²) in [4.78, 5) is 23.6. The first-order valence-corrected chi connectivity index (χ1v) is 12.5. The summed E-state index contributed by atoms with van der Waals surface area (Å²) in [5.41, 5.74) is 4.06. The molecule has 0 bridgehead atoms. The smallest absolute Gasteiger partial charge is 0.264 e. The lowest BCUT2D eigenvalue weighted by Gasteiger charge is -2.29. The van der Waals surface area contributed by atoms with Crippen molar-refractivity contribution in [1.82, 2.24) is 5.48 Å². The number of nitrogens with zero attached hydrogens (tertiary/aromatic N) is 1. The molecule has 10 heteroatoms.